The fourth-order valence-corrected chi connectivity index (χ4v) is 0.667. The van der Waals surface area contributed by atoms with Gasteiger partial charge in [0.2, 0.25) is 0 Å². The Morgan fingerprint density at radius 1 is 1.00 bits per heavy atom. The summed E-state index contributed by atoms with van der Waals surface area (Å²) in [6, 6.07) is 0. The zero-order valence-corrected chi connectivity index (χ0v) is 9.65. The van der Waals surface area contributed by atoms with Crippen molar-refractivity contribution in [2.45, 2.75) is 38.8 Å². The molecule has 0 saturated carbocycles. The monoisotopic (exact) mass is 190 g/mol. The summed E-state index contributed by atoms with van der Waals surface area (Å²) in [6.07, 6.45) is 0. The minimum atomic E-state index is 0.562. The third-order valence-electron chi connectivity index (χ3n) is 2.49. The standard InChI is InChI=1S/C8H19As/c1-6(2)8(5,9)7(3)4/h6-7H,9H2,1-5H3. The quantitative estimate of drug-likeness (QED) is 0.585. The fourth-order valence-electron chi connectivity index (χ4n) is 0.667. The number of hydrogen-bond acceptors (Lipinski definition) is 0. The van der Waals surface area contributed by atoms with Crippen molar-refractivity contribution < 1.29 is 0 Å². The van der Waals surface area contributed by atoms with E-state index in [9.17, 15) is 0 Å². The van der Waals surface area contributed by atoms with Crippen LogP contribution in [0.25, 0.3) is 0 Å². The van der Waals surface area contributed by atoms with Gasteiger partial charge >= 0.3 is 67.5 Å². The first-order valence-electron chi connectivity index (χ1n) is 3.68. The van der Waals surface area contributed by atoms with Gasteiger partial charge in [0.05, 0.1) is 0 Å². The molecule has 1 heteroatoms. The van der Waals surface area contributed by atoms with Crippen LogP contribution in [0.3, 0.4) is 0 Å². The van der Waals surface area contributed by atoms with Crippen LogP contribution in [-0.4, -0.2) is 16.9 Å². The zero-order valence-electron chi connectivity index (χ0n) is 7.23. The molecule has 0 fully saturated rings. The predicted octanol–water partition coefficient (Wildman–Crippen LogP) is 2.11. The van der Waals surface area contributed by atoms with Gasteiger partial charge in [0.25, 0.3) is 0 Å². The Balaban J connectivity index is 4.01. The molecule has 1 unspecified atom stereocenters. The van der Waals surface area contributed by atoms with Gasteiger partial charge in [-0.05, 0) is 0 Å². The van der Waals surface area contributed by atoms with Crippen LogP contribution in [0.5, 0.6) is 0 Å². The van der Waals surface area contributed by atoms with Crippen molar-refractivity contribution in [2.75, 3.05) is 0 Å². The molecule has 0 heterocycles. The Bertz CT molecular complexity index is 72.6. The van der Waals surface area contributed by atoms with Gasteiger partial charge in [-0.2, -0.15) is 0 Å². The summed E-state index contributed by atoms with van der Waals surface area (Å²) in [5, 5.41) is 0. The summed E-state index contributed by atoms with van der Waals surface area (Å²) in [5.74, 6) is 1.63. The zero-order chi connectivity index (χ0) is 7.65. The van der Waals surface area contributed by atoms with Gasteiger partial charge in [-0.25, -0.2) is 0 Å². The number of hydrogen-bond donors (Lipinski definition) is 0. The van der Waals surface area contributed by atoms with E-state index in [1.54, 1.807) is 0 Å². The second-order valence-corrected chi connectivity index (χ2v) is 6.29. The molecule has 0 aromatic heterocycles. The van der Waals surface area contributed by atoms with Crippen LogP contribution in [0.1, 0.15) is 34.6 Å². The van der Waals surface area contributed by atoms with Crippen molar-refractivity contribution in [1.82, 2.24) is 0 Å². The average molecular weight is 190 g/mol. The molecule has 0 radical (unpaired) electrons. The molecule has 0 aromatic rings. The van der Waals surface area contributed by atoms with E-state index in [-0.39, 0.29) is 0 Å². The molecule has 0 bridgehead atoms. The minimum absolute atomic E-state index is 0.562. The first kappa shape index (κ1) is 9.56. The molecule has 0 amide bonds. The van der Waals surface area contributed by atoms with E-state index < -0.39 is 0 Å². The van der Waals surface area contributed by atoms with Crippen molar-refractivity contribution in [2.24, 2.45) is 11.8 Å². The average Bonchev–Trinajstić information content (AvgIpc) is 1.65. The van der Waals surface area contributed by atoms with E-state index in [2.05, 4.69) is 34.6 Å². The van der Waals surface area contributed by atoms with Crippen LogP contribution in [-0.2, 0) is 0 Å². The Kier molecular flexibility index (Phi) is 3.29. The number of rotatable bonds is 2. The van der Waals surface area contributed by atoms with Crippen molar-refractivity contribution >= 4 is 16.9 Å². The van der Waals surface area contributed by atoms with Crippen LogP contribution in [0, 0.1) is 11.8 Å². The molecule has 56 valence electrons. The summed E-state index contributed by atoms with van der Waals surface area (Å²) < 4.78 is 0.562. The van der Waals surface area contributed by atoms with E-state index in [4.69, 9.17) is 0 Å². The predicted molar refractivity (Wildman–Crippen MR) is 46.6 cm³/mol. The van der Waals surface area contributed by atoms with Crippen molar-refractivity contribution in [3.8, 4) is 0 Å². The van der Waals surface area contributed by atoms with Crippen molar-refractivity contribution in [3.63, 3.8) is 0 Å². The van der Waals surface area contributed by atoms with Gasteiger partial charge in [-0.3, -0.25) is 0 Å². The first-order valence-corrected chi connectivity index (χ1v) is 4.89. The van der Waals surface area contributed by atoms with E-state index in [1.165, 1.54) is 0 Å². The maximum atomic E-state index is 2.36. The molecule has 0 aromatic carbocycles. The van der Waals surface area contributed by atoms with Crippen LogP contribution in [0.15, 0.2) is 0 Å². The van der Waals surface area contributed by atoms with E-state index in [0.717, 1.165) is 11.8 Å². The summed E-state index contributed by atoms with van der Waals surface area (Å²) in [4.78, 5) is 0. The Morgan fingerprint density at radius 3 is 1.22 bits per heavy atom. The maximum absolute atomic E-state index is 2.36. The van der Waals surface area contributed by atoms with Gasteiger partial charge < -0.3 is 0 Å². The summed E-state index contributed by atoms with van der Waals surface area (Å²) in [5.41, 5.74) is 0. The Hall–Kier alpha value is 0.558. The van der Waals surface area contributed by atoms with Gasteiger partial charge in [0, 0.05) is 0 Å². The van der Waals surface area contributed by atoms with Crippen LogP contribution >= 0.6 is 0 Å². The topological polar surface area (TPSA) is 0 Å². The Labute approximate surface area is 67.9 Å². The van der Waals surface area contributed by atoms with E-state index >= 15 is 0 Å². The molecular weight excluding hydrogens is 171 g/mol. The molecule has 0 N–H and O–H groups in total. The first-order chi connectivity index (χ1) is 3.89. The van der Waals surface area contributed by atoms with Crippen molar-refractivity contribution in [3.05, 3.63) is 0 Å². The third-order valence-corrected chi connectivity index (χ3v) is 5.29. The van der Waals surface area contributed by atoms with E-state index in [1.807, 2.05) is 16.9 Å². The van der Waals surface area contributed by atoms with Crippen LogP contribution in [0.4, 0.5) is 0 Å². The normalized spacial score (nSPS) is 13.3. The molecule has 0 aliphatic heterocycles. The van der Waals surface area contributed by atoms with Gasteiger partial charge in [0.1, 0.15) is 0 Å². The van der Waals surface area contributed by atoms with Gasteiger partial charge in [-0.15, -0.1) is 0 Å². The second-order valence-electron chi connectivity index (χ2n) is 3.68. The van der Waals surface area contributed by atoms with Crippen LogP contribution in [0.2, 0.25) is 4.20 Å². The summed E-state index contributed by atoms with van der Waals surface area (Å²) in [7, 11) is 0. The van der Waals surface area contributed by atoms with Gasteiger partial charge in [-0.1, -0.05) is 0 Å². The molecule has 0 spiro atoms. The molecule has 0 saturated heterocycles. The molecule has 0 aliphatic carbocycles. The molecule has 1 atom stereocenters. The van der Waals surface area contributed by atoms with Gasteiger partial charge in [0.15, 0.2) is 0 Å². The fraction of sp³-hybridized carbons (Fsp3) is 1.00. The SMILES string of the molecule is CC(C)C(C)([AsH2])C(C)C. The summed E-state index contributed by atoms with van der Waals surface area (Å²) >= 11 is 1.88. The second kappa shape index (κ2) is 3.10. The molecule has 0 nitrogen and oxygen atoms in total. The molecular formula is C8H19As. The molecule has 0 aliphatic rings. The van der Waals surface area contributed by atoms with Crippen LogP contribution < -0.4 is 0 Å². The third kappa shape index (κ3) is 2.33. The Morgan fingerprint density at radius 2 is 1.22 bits per heavy atom. The van der Waals surface area contributed by atoms with Crippen molar-refractivity contribution in [1.29, 1.82) is 0 Å². The van der Waals surface area contributed by atoms with E-state index in [0.29, 0.717) is 4.20 Å². The molecule has 9 heavy (non-hydrogen) atoms. The summed E-state index contributed by atoms with van der Waals surface area (Å²) in [6.45, 7) is 11.6. The molecule has 0 rings (SSSR count).